The molecule has 0 aromatic rings. The second kappa shape index (κ2) is 14.8. The molecule has 0 aliphatic rings. The minimum absolute atomic E-state index is 0. The van der Waals surface area contributed by atoms with Crippen molar-refractivity contribution < 1.29 is 26.4 Å². The minimum atomic E-state index is 0. The number of nitrogens with one attached hydrogen (secondary N) is 3. The van der Waals surface area contributed by atoms with Gasteiger partial charge in [0.05, 0.1) is 0 Å². The SMILES string of the molecule is CC(=O)/C=C(/C)NCCCNCCCN/C(C)=C\C(C)=O.[Co]. The zero-order chi connectivity index (χ0) is 16.1. The van der Waals surface area contributed by atoms with Gasteiger partial charge in [-0.15, -0.1) is 0 Å². The van der Waals surface area contributed by atoms with Crippen LogP contribution >= 0.6 is 0 Å². The summed E-state index contributed by atoms with van der Waals surface area (Å²) in [6.07, 6.45) is 5.24. The first-order chi connectivity index (χ1) is 9.91. The molecule has 0 aliphatic carbocycles. The Kier molecular flexibility index (Phi) is 15.6. The molecule has 1 radical (unpaired) electrons. The molecule has 0 bridgehead atoms. The van der Waals surface area contributed by atoms with Crippen molar-refractivity contribution in [3.8, 4) is 0 Å². The Morgan fingerprint density at radius 1 is 0.727 bits per heavy atom. The van der Waals surface area contributed by atoms with E-state index < -0.39 is 0 Å². The summed E-state index contributed by atoms with van der Waals surface area (Å²) in [4.78, 5) is 21.7. The van der Waals surface area contributed by atoms with E-state index in [9.17, 15) is 9.59 Å². The molecule has 0 spiro atoms. The van der Waals surface area contributed by atoms with Crippen molar-refractivity contribution >= 4 is 11.6 Å². The van der Waals surface area contributed by atoms with Gasteiger partial charge in [-0.3, -0.25) is 9.59 Å². The van der Waals surface area contributed by atoms with E-state index in [4.69, 9.17) is 0 Å². The smallest absolute Gasteiger partial charge is 0.154 e. The predicted molar refractivity (Wildman–Crippen MR) is 87.0 cm³/mol. The number of ketones is 2. The molecule has 5 nitrogen and oxygen atoms in total. The van der Waals surface area contributed by atoms with Crippen LogP contribution in [0.1, 0.15) is 40.5 Å². The van der Waals surface area contributed by atoms with Crippen molar-refractivity contribution in [3.05, 3.63) is 23.5 Å². The van der Waals surface area contributed by atoms with E-state index in [1.807, 2.05) is 13.8 Å². The quantitative estimate of drug-likeness (QED) is 0.366. The number of rotatable bonds is 12. The first kappa shape index (κ1) is 23.2. The van der Waals surface area contributed by atoms with Crippen LogP contribution in [0.2, 0.25) is 0 Å². The van der Waals surface area contributed by atoms with Gasteiger partial charge in [0.25, 0.3) is 0 Å². The minimum Gasteiger partial charge on any atom is -0.388 e. The maximum atomic E-state index is 10.8. The maximum Gasteiger partial charge on any atom is 0.154 e. The molecule has 129 valence electrons. The number of carbonyl (C=O) groups is 2. The fraction of sp³-hybridized carbons (Fsp3) is 0.625. The Bertz CT molecular complexity index is 357. The van der Waals surface area contributed by atoms with Gasteiger partial charge in [-0.25, -0.2) is 0 Å². The number of allylic oxidation sites excluding steroid dienone is 4. The molecule has 0 aromatic carbocycles. The predicted octanol–water partition coefficient (Wildman–Crippen LogP) is 1.52. The van der Waals surface area contributed by atoms with Crippen molar-refractivity contribution in [1.82, 2.24) is 16.0 Å². The summed E-state index contributed by atoms with van der Waals surface area (Å²) in [6.45, 7) is 10.5. The molecule has 0 aliphatic heterocycles. The van der Waals surface area contributed by atoms with Crippen molar-refractivity contribution in [2.75, 3.05) is 26.2 Å². The van der Waals surface area contributed by atoms with Crippen molar-refractivity contribution in [2.45, 2.75) is 40.5 Å². The third-order valence-electron chi connectivity index (χ3n) is 2.71. The third-order valence-corrected chi connectivity index (χ3v) is 2.71. The summed E-state index contributed by atoms with van der Waals surface area (Å²) in [5.41, 5.74) is 1.83. The first-order valence-corrected chi connectivity index (χ1v) is 7.48. The Labute approximate surface area is 144 Å². The van der Waals surface area contributed by atoms with Gasteiger partial charge in [-0.1, -0.05) is 0 Å². The Balaban J connectivity index is 0. The van der Waals surface area contributed by atoms with E-state index in [2.05, 4.69) is 16.0 Å². The third kappa shape index (κ3) is 16.9. The molecule has 0 atom stereocenters. The molecule has 0 amide bonds. The first-order valence-electron chi connectivity index (χ1n) is 7.48. The number of hydrogen-bond acceptors (Lipinski definition) is 5. The largest absolute Gasteiger partial charge is 0.388 e. The van der Waals surface area contributed by atoms with E-state index in [-0.39, 0.29) is 28.3 Å². The van der Waals surface area contributed by atoms with Crippen LogP contribution in [0.4, 0.5) is 0 Å². The summed E-state index contributed by atoms with van der Waals surface area (Å²) >= 11 is 0. The second-order valence-corrected chi connectivity index (χ2v) is 5.19. The molecular formula is C16H29CoN3O2. The monoisotopic (exact) mass is 354 g/mol. The van der Waals surface area contributed by atoms with Gasteiger partial charge < -0.3 is 16.0 Å². The zero-order valence-corrected chi connectivity index (χ0v) is 15.1. The fourth-order valence-corrected chi connectivity index (χ4v) is 1.83. The van der Waals surface area contributed by atoms with Crippen molar-refractivity contribution in [1.29, 1.82) is 0 Å². The molecule has 0 aromatic heterocycles. The second-order valence-electron chi connectivity index (χ2n) is 5.19. The van der Waals surface area contributed by atoms with Crippen LogP contribution in [0.25, 0.3) is 0 Å². The van der Waals surface area contributed by atoms with Crippen LogP contribution in [0.5, 0.6) is 0 Å². The van der Waals surface area contributed by atoms with Gasteiger partial charge in [0, 0.05) is 41.3 Å². The van der Waals surface area contributed by atoms with Gasteiger partial charge >= 0.3 is 0 Å². The van der Waals surface area contributed by atoms with E-state index in [1.165, 1.54) is 0 Å². The van der Waals surface area contributed by atoms with E-state index >= 15 is 0 Å². The summed E-state index contributed by atoms with van der Waals surface area (Å²) in [5, 5.41) is 9.76. The van der Waals surface area contributed by atoms with E-state index in [0.29, 0.717) is 0 Å². The molecule has 0 saturated heterocycles. The summed E-state index contributed by atoms with van der Waals surface area (Å²) < 4.78 is 0. The molecule has 0 saturated carbocycles. The van der Waals surface area contributed by atoms with Gasteiger partial charge in [-0.05, 0) is 65.8 Å². The Morgan fingerprint density at radius 2 is 1.09 bits per heavy atom. The Hall–Kier alpha value is -1.11. The van der Waals surface area contributed by atoms with Crippen LogP contribution in [0.3, 0.4) is 0 Å². The molecular weight excluding hydrogens is 325 g/mol. The van der Waals surface area contributed by atoms with Gasteiger partial charge in [0.1, 0.15) is 0 Å². The van der Waals surface area contributed by atoms with Gasteiger partial charge in [-0.2, -0.15) is 0 Å². The zero-order valence-electron chi connectivity index (χ0n) is 14.0. The molecule has 22 heavy (non-hydrogen) atoms. The summed E-state index contributed by atoms with van der Waals surface area (Å²) in [6, 6.07) is 0. The fourth-order valence-electron chi connectivity index (χ4n) is 1.83. The van der Waals surface area contributed by atoms with Crippen LogP contribution in [0.15, 0.2) is 23.5 Å². The average molecular weight is 354 g/mol. The topological polar surface area (TPSA) is 70.2 Å². The van der Waals surface area contributed by atoms with Crippen molar-refractivity contribution in [3.63, 3.8) is 0 Å². The summed E-state index contributed by atoms with van der Waals surface area (Å²) in [7, 11) is 0. The molecule has 6 heteroatoms. The van der Waals surface area contributed by atoms with Crippen LogP contribution in [-0.4, -0.2) is 37.7 Å². The average Bonchev–Trinajstić information content (AvgIpc) is 2.34. The van der Waals surface area contributed by atoms with Crippen molar-refractivity contribution in [2.24, 2.45) is 0 Å². The molecule has 0 heterocycles. The van der Waals surface area contributed by atoms with Crippen LogP contribution < -0.4 is 16.0 Å². The van der Waals surface area contributed by atoms with E-state index in [0.717, 1.165) is 50.4 Å². The maximum absolute atomic E-state index is 10.8. The standard InChI is InChI=1S/C16H29N3O2.Co/c1-13(11-15(3)20)18-9-5-7-17-8-6-10-19-14(2)12-16(4)21;/h11-12,17-19H,5-10H2,1-4H3;/b13-11-,14-12-;. The number of carbonyl (C=O) groups excluding carboxylic acids is 2. The van der Waals surface area contributed by atoms with Gasteiger partial charge in [0.15, 0.2) is 11.6 Å². The summed E-state index contributed by atoms with van der Waals surface area (Å²) in [5.74, 6) is 0.138. The molecule has 0 fully saturated rings. The van der Waals surface area contributed by atoms with E-state index in [1.54, 1.807) is 26.0 Å². The van der Waals surface area contributed by atoms with Crippen LogP contribution in [0, 0.1) is 0 Å². The molecule has 3 N–H and O–H groups in total. The van der Waals surface area contributed by atoms with Gasteiger partial charge in [0.2, 0.25) is 0 Å². The molecule has 0 rings (SSSR count). The Morgan fingerprint density at radius 3 is 1.41 bits per heavy atom. The number of hydrogen-bond donors (Lipinski definition) is 3. The van der Waals surface area contributed by atoms with Crippen LogP contribution in [-0.2, 0) is 26.4 Å². The normalized spacial score (nSPS) is 11.6. The molecule has 0 unspecified atom stereocenters.